The van der Waals surface area contributed by atoms with Gasteiger partial charge in [0.1, 0.15) is 5.75 Å². The number of nitrogens with one attached hydrogen (secondary N) is 1. The van der Waals surface area contributed by atoms with Crippen molar-refractivity contribution in [3.63, 3.8) is 0 Å². The average molecular weight is 247 g/mol. The van der Waals surface area contributed by atoms with E-state index in [1.54, 1.807) is 19.2 Å². The minimum Gasteiger partial charge on any atom is -0.508 e. The highest BCUT2D eigenvalue weighted by atomic mass is 16.3. The monoisotopic (exact) mass is 247 g/mol. The Morgan fingerprint density at radius 1 is 1.33 bits per heavy atom. The van der Waals surface area contributed by atoms with Crippen LogP contribution in [-0.4, -0.2) is 26.9 Å². The van der Waals surface area contributed by atoms with Gasteiger partial charge in [-0.1, -0.05) is 12.1 Å². The van der Waals surface area contributed by atoms with Gasteiger partial charge in [-0.15, -0.1) is 10.2 Å². The highest BCUT2D eigenvalue weighted by Crippen LogP contribution is 2.18. The smallest absolute Gasteiger partial charge is 0.224 e. The van der Waals surface area contributed by atoms with Gasteiger partial charge in [-0.05, 0) is 24.1 Å². The maximum absolute atomic E-state index is 9.22. The Bertz CT molecular complexity index is 520. The first-order chi connectivity index (χ1) is 8.61. The number of aromatic nitrogens is 3. The van der Waals surface area contributed by atoms with Crippen LogP contribution in [0.4, 0.5) is 5.95 Å². The molecule has 96 valence electrons. The lowest BCUT2D eigenvalue weighted by atomic mass is 10.1. The maximum Gasteiger partial charge on any atom is 0.224 e. The summed E-state index contributed by atoms with van der Waals surface area (Å²) in [5.74, 6) is 1.67. The van der Waals surface area contributed by atoms with Gasteiger partial charge in [0, 0.05) is 14.1 Å². The van der Waals surface area contributed by atoms with Gasteiger partial charge in [0.15, 0.2) is 5.82 Å². The second kappa shape index (κ2) is 5.05. The van der Waals surface area contributed by atoms with Crippen molar-refractivity contribution in [2.24, 2.45) is 12.8 Å². The Kier molecular flexibility index (Phi) is 3.47. The normalized spacial score (nSPS) is 12.4. The van der Waals surface area contributed by atoms with Crippen LogP contribution < -0.4 is 11.1 Å². The summed E-state index contributed by atoms with van der Waals surface area (Å²) < 4.78 is 1.84. The summed E-state index contributed by atoms with van der Waals surface area (Å²) in [6.07, 6.45) is 0.649. The summed E-state index contributed by atoms with van der Waals surface area (Å²) in [5.41, 5.74) is 7.17. The summed E-state index contributed by atoms with van der Waals surface area (Å²) in [4.78, 5) is 0. The Morgan fingerprint density at radius 2 is 2.00 bits per heavy atom. The molecule has 0 radical (unpaired) electrons. The molecule has 0 fully saturated rings. The number of phenolic OH excluding ortho intramolecular Hbond substituents is 1. The number of hydrogen-bond acceptors (Lipinski definition) is 5. The minimum atomic E-state index is -0.228. The molecule has 0 unspecified atom stereocenters. The third-order valence-corrected chi connectivity index (χ3v) is 2.86. The molecule has 6 heteroatoms. The first-order valence-corrected chi connectivity index (χ1v) is 5.72. The second-order valence-electron chi connectivity index (χ2n) is 4.17. The van der Waals surface area contributed by atoms with Crippen LogP contribution in [0.25, 0.3) is 0 Å². The van der Waals surface area contributed by atoms with Crippen LogP contribution in [0.1, 0.15) is 17.4 Å². The molecular formula is C12H17N5O. The average Bonchev–Trinajstić information content (AvgIpc) is 2.73. The van der Waals surface area contributed by atoms with E-state index in [2.05, 4.69) is 15.5 Å². The van der Waals surface area contributed by atoms with Crippen LogP contribution in [0.15, 0.2) is 24.3 Å². The molecule has 0 bridgehead atoms. The summed E-state index contributed by atoms with van der Waals surface area (Å²) in [6.45, 7) is 0. The predicted molar refractivity (Wildman–Crippen MR) is 69.3 cm³/mol. The Hall–Kier alpha value is -2.08. The molecule has 2 aromatic rings. The molecule has 1 heterocycles. The quantitative estimate of drug-likeness (QED) is 0.743. The van der Waals surface area contributed by atoms with Crippen LogP contribution in [0.5, 0.6) is 5.75 Å². The van der Waals surface area contributed by atoms with Gasteiger partial charge in [0.25, 0.3) is 0 Å². The fourth-order valence-corrected chi connectivity index (χ4v) is 1.86. The van der Waals surface area contributed by atoms with Gasteiger partial charge in [0.05, 0.1) is 6.04 Å². The van der Waals surface area contributed by atoms with E-state index in [1.165, 1.54) is 0 Å². The van der Waals surface area contributed by atoms with Crippen molar-refractivity contribution >= 4 is 5.95 Å². The highest BCUT2D eigenvalue weighted by Gasteiger charge is 2.15. The summed E-state index contributed by atoms with van der Waals surface area (Å²) in [6, 6.07) is 6.78. The fourth-order valence-electron chi connectivity index (χ4n) is 1.86. The zero-order valence-electron chi connectivity index (χ0n) is 10.5. The zero-order valence-corrected chi connectivity index (χ0v) is 10.5. The van der Waals surface area contributed by atoms with Crippen LogP contribution in [0, 0.1) is 0 Å². The molecule has 0 amide bonds. The van der Waals surface area contributed by atoms with Crippen molar-refractivity contribution in [1.29, 1.82) is 0 Å². The number of aromatic hydroxyl groups is 1. The first kappa shape index (κ1) is 12.4. The molecule has 1 aromatic heterocycles. The number of nitrogens with two attached hydrogens (primary N) is 1. The number of phenols is 1. The van der Waals surface area contributed by atoms with Crippen molar-refractivity contribution in [2.45, 2.75) is 12.5 Å². The molecule has 0 aliphatic carbocycles. The highest BCUT2D eigenvalue weighted by molar-refractivity contribution is 5.28. The maximum atomic E-state index is 9.22. The van der Waals surface area contributed by atoms with Crippen LogP contribution >= 0.6 is 0 Å². The largest absolute Gasteiger partial charge is 0.508 e. The van der Waals surface area contributed by atoms with Gasteiger partial charge in [-0.2, -0.15) is 0 Å². The van der Waals surface area contributed by atoms with Crippen molar-refractivity contribution < 1.29 is 5.11 Å². The van der Waals surface area contributed by atoms with Gasteiger partial charge in [-0.3, -0.25) is 4.57 Å². The van der Waals surface area contributed by atoms with Crippen molar-refractivity contribution in [3.05, 3.63) is 35.7 Å². The molecule has 2 rings (SSSR count). The van der Waals surface area contributed by atoms with E-state index in [0.29, 0.717) is 12.4 Å². The van der Waals surface area contributed by atoms with E-state index in [0.717, 1.165) is 11.4 Å². The molecule has 4 N–H and O–H groups in total. The number of anilines is 1. The van der Waals surface area contributed by atoms with Crippen molar-refractivity contribution in [3.8, 4) is 5.75 Å². The van der Waals surface area contributed by atoms with Gasteiger partial charge in [0.2, 0.25) is 5.95 Å². The summed E-state index contributed by atoms with van der Waals surface area (Å²) in [7, 11) is 3.66. The molecule has 0 saturated heterocycles. The topological polar surface area (TPSA) is 89.0 Å². The molecule has 1 aromatic carbocycles. The molecular weight excluding hydrogens is 230 g/mol. The van der Waals surface area contributed by atoms with E-state index in [-0.39, 0.29) is 11.8 Å². The zero-order chi connectivity index (χ0) is 13.1. The lowest BCUT2D eigenvalue weighted by Gasteiger charge is -2.11. The molecule has 1 atom stereocenters. The molecule has 0 saturated carbocycles. The number of rotatable bonds is 4. The fraction of sp³-hybridized carbons (Fsp3) is 0.333. The Labute approximate surface area is 105 Å². The van der Waals surface area contributed by atoms with Crippen LogP contribution in [0.2, 0.25) is 0 Å². The number of hydrogen-bond donors (Lipinski definition) is 3. The third kappa shape index (κ3) is 2.43. The third-order valence-electron chi connectivity index (χ3n) is 2.86. The van der Waals surface area contributed by atoms with Crippen LogP contribution in [-0.2, 0) is 13.5 Å². The number of nitrogens with zero attached hydrogens (tertiary/aromatic N) is 3. The van der Waals surface area contributed by atoms with Gasteiger partial charge >= 0.3 is 0 Å². The van der Waals surface area contributed by atoms with E-state index in [9.17, 15) is 5.11 Å². The molecule has 6 nitrogen and oxygen atoms in total. The summed E-state index contributed by atoms with van der Waals surface area (Å²) >= 11 is 0. The van der Waals surface area contributed by atoms with Crippen LogP contribution in [0.3, 0.4) is 0 Å². The molecule has 0 aliphatic heterocycles. The summed E-state index contributed by atoms with van der Waals surface area (Å²) in [5, 5.41) is 20.2. The van der Waals surface area contributed by atoms with E-state index in [4.69, 9.17) is 5.73 Å². The predicted octanol–water partition coefficient (Wildman–Crippen LogP) is 0.805. The lowest BCUT2D eigenvalue weighted by molar-refractivity contribution is 0.475. The standard InChI is InChI=1S/C12H17N5O/c1-14-12-16-15-11(17(12)2)10(13)7-8-3-5-9(18)6-4-8/h3-6,10,18H,7,13H2,1-2H3,(H,14,16)/t10-/m1/s1. The Morgan fingerprint density at radius 3 is 2.56 bits per heavy atom. The minimum absolute atomic E-state index is 0.228. The van der Waals surface area contributed by atoms with Crippen molar-refractivity contribution in [1.82, 2.24) is 14.8 Å². The lowest BCUT2D eigenvalue weighted by Crippen LogP contribution is -2.18. The van der Waals surface area contributed by atoms with Gasteiger partial charge < -0.3 is 16.2 Å². The molecule has 18 heavy (non-hydrogen) atoms. The number of benzene rings is 1. The van der Waals surface area contributed by atoms with E-state index in [1.807, 2.05) is 23.7 Å². The van der Waals surface area contributed by atoms with Gasteiger partial charge in [-0.25, -0.2) is 0 Å². The molecule has 0 aliphatic rings. The second-order valence-corrected chi connectivity index (χ2v) is 4.17. The first-order valence-electron chi connectivity index (χ1n) is 5.72. The molecule has 0 spiro atoms. The SMILES string of the molecule is CNc1nnc([C@H](N)Cc2ccc(O)cc2)n1C. The Balaban J connectivity index is 2.14. The van der Waals surface area contributed by atoms with E-state index >= 15 is 0 Å². The van der Waals surface area contributed by atoms with E-state index < -0.39 is 0 Å². The van der Waals surface area contributed by atoms with Crippen molar-refractivity contribution in [2.75, 3.05) is 12.4 Å².